The summed E-state index contributed by atoms with van der Waals surface area (Å²) in [7, 11) is 2.80. The number of methoxy groups -OCH3 is 1. The summed E-state index contributed by atoms with van der Waals surface area (Å²) >= 11 is 11.2. The Bertz CT molecular complexity index is 1100. The molecule has 1 aliphatic rings. The Kier molecular flexibility index (Phi) is 5.59. The SMILES string of the molecule is COC(=O)c1ccc(-n2c(C)cc(/C=C3\C(=O)NC(=S)N(C)C3=O)c2C)cc1Cl. The van der Waals surface area contributed by atoms with Gasteiger partial charge < -0.3 is 9.30 Å². The molecule has 0 aliphatic carbocycles. The molecule has 0 bridgehead atoms. The molecule has 7 nitrogen and oxygen atoms in total. The molecule has 9 heteroatoms. The molecule has 0 radical (unpaired) electrons. The van der Waals surface area contributed by atoms with Gasteiger partial charge in [-0.05, 0) is 62.0 Å². The van der Waals surface area contributed by atoms with E-state index in [9.17, 15) is 14.4 Å². The molecule has 2 heterocycles. The number of rotatable bonds is 3. The molecule has 1 fully saturated rings. The molecule has 1 saturated heterocycles. The number of hydrogen-bond donors (Lipinski definition) is 1. The highest BCUT2D eigenvalue weighted by atomic mass is 35.5. The number of thiocarbonyl (C=S) groups is 1. The fraction of sp³-hybridized carbons (Fsp3) is 0.200. The number of benzene rings is 1. The molecular formula is C20H18ClN3O4S. The average Bonchev–Trinajstić information content (AvgIpc) is 2.96. The van der Waals surface area contributed by atoms with Gasteiger partial charge >= 0.3 is 5.97 Å². The van der Waals surface area contributed by atoms with E-state index in [2.05, 4.69) is 5.32 Å². The molecule has 150 valence electrons. The molecule has 29 heavy (non-hydrogen) atoms. The standard InChI is InChI=1S/C20H18ClN3O4S/c1-10-7-12(8-15-17(25)22-20(29)23(3)18(15)26)11(2)24(10)13-5-6-14(16(21)9-13)19(27)28-4/h5-9H,1-4H3,(H,22,25,29)/b15-8+. The molecule has 2 aromatic rings. The van der Waals surface area contributed by atoms with Crippen LogP contribution in [0.1, 0.15) is 27.3 Å². The first-order valence-electron chi connectivity index (χ1n) is 8.58. The Balaban J connectivity index is 2.05. The number of aromatic nitrogens is 1. The highest BCUT2D eigenvalue weighted by Gasteiger charge is 2.31. The van der Waals surface area contributed by atoms with Crippen LogP contribution in [0.5, 0.6) is 0 Å². The largest absolute Gasteiger partial charge is 0.465 e. The molecule has 0 spiro atoms. The first-order chi connectivity index (χ1) is 13.6. The Morgan fingerprint density at radius 3 is 2.55 bits per heavy atom. The molecule has 0 saturated carbocycles. The second-order valence-corrected chi connectivity index (χ2v) is 7.29. The second kappa shape index (κ2) is 7.81. The van der Waals surface area contributed by atoms with E-state index in [0.717, 1.165) is 17.1 Å². The number of carbonyl (C=O) groups excluding carboxylic acids is 3. The number of aryl methyl sites for hydroxylation is 1. The Morgan fingerprint density at radius 1 is 1.24 bits per heavy atom. The van der Waals surface area contributed by atoms with Crippen LogP contribution in [-0.4, -0.2) is 46.5 Å². The lowest BCUT2D eigenvalue weighted by atomic mass is 10.1. The Hall–Kier alpha value is -2.97. The minimum absolute atomic E-state index is 0.000390. The van der Waals surface area contributed by atoms with Crippen molar-refractivity contribution in [2.75, 3.05) is 14.2 Å². The first-order valence-corrected chi connectivity index (χ1v) is 9.36. The quantitative estimate of drug-likeness (QED) is 0.350. The van der Waals surface area contributed by atoms with Crippen LogP contribution in [0.3, 0.4) is 0 Å². The van der Waals surface area contributed by atoms with E-state index in [0.29, 0.717) is 5.56 Å². The van der Waals surface area contributed by atoms with Gasteiger partial charge in [0.2, 0.25) is 0 Å². The summed E-state index contributed by atoms with van der Waals surface area (Å²) in [5, 5.41) is 2.83. The molecule has 1 N–H and O–H groups in total. The lowest BCUT2D eigenvalue weighted by molar-refractivity contribution is -0.128. The maximum atomic E-state index is 12.4. The van der Waals surface area contributed by atoms with Crippen molar-refractivity contribution in [2.24, 2.45) is 0 Å². The van der Waals surface area contributed by atoms with Crippen molar-refractivity contribution in [3.8, 4) is 5.69 Å². The summed E-state index contributed by atoms with van der Waals surface area (Å²) in [6.45, 7) is 3.75. The number of halogens is 1. The molecule has 1 aliphatic heterocycles. The highest BCUT2D eigenvalue weighted by Crippen LogP contribution is 2.27. The van der Waals surface area contributed by atoms with Crippen LogP contribution >= 0.6 is 23.8 Å². The normalized spacial score (nSPS) is 15.7. The number of nitrogens with zero attached hydrogens (tertiary/aromatic N) is 2. The number of carbonyl (C=O) groups is 3. The third kappa shape index (κ3) is 3.68. The number of amides is 2. The molecular weight excluding hydrogens is 414 g/mol. The van der Waals surface area contributed by atoms with Gasteiger partial charge in [0.05, 0.1) is 17.7 Å². The highest BCUT2D eigenvalue weighted by molar-refractivity contribution is 7.80. The van der Waals surface area contributed by atoms with Crippen molar-refractivity contribution in [3.63, 3.8) is 0 Å². The van der Waals surface area contributed by atoms with E-state index < -0.39 is 17.8 Å². The predicted octanol–water partition coefficient (Wildman–Crippen LogP) is 2.79. The van der Waals surface area contributed by atoms with Gasteiger partial charge in [0.15, 0.2) is 5.11 Å². The number of nitrogens with one attached hydrogen (secondary N) is 1. The van der Waals surface area contributed by atoms with Crippen LogP contribution in [0.15, 0.2) is 29.8 Å². The number of esters is 1. The van der Waals surface area contributed by atoms with Crippen molar-refractivity contribution < 1.29 is 19.1 Å². The Morgan fingerprint density at radius 2 is 1.93 bits per heavy atom. The minimum atomic E-state index is -0.534. The summed E-state index contributed by atoms with van der Waals surface area (Å²) in [6.07, 6.45) is 1.54. The lowest BCUT2D eigenvalue weighted by Crippen LogP contribution is -2.52. The van der Waals surface area contributed by atoms with Crippen molar-refractivity contribution in [3.05, 3.63) is 57.4 Å². The van der Waals surface area contributed by atoms with Gasteiger partial charge in [-0.2, -0.15) is 0 Å². The van der Waals surface area contributed by atoms with E-state index in [1.54, 1.807) is 24.3 Å². The summed E-state index contributed by atoms with van der Waals surface area (Å²) in [4.78, 5) is 37.6. The summed E-state index contributed by atoms with van der Waals surface area (Å²) < 4.78 is 6.63. The van der Waals surface area contributed by atoms with E-state index >= 15 is 0 Å². The van der Waals surface area contributed by atoms with Crippen molar-refractivity contribution in [2.45, 2.75) is 13.8 Å². The molecule has 0 atom stereocenters. The zero-order valence-corrected chi connectivity index (χ0v) is 17.8. The number of likely N-dealkylation sites (N-methyl/N-ethyl adjacent to an activating group) is 1. The number of hydrogen-bond acceptors (Lipinski definition) is 5. The maximum absolute atomic E-state index is 12.4. The number of ether oxygens (including phenoxy) is 1. The first kappa shape index (κ1) is 20.8. The zero-order valence-electron chi connectivity index (χ0n) is 16.2. The summed E-state index contributed by atoms with van der Waals surface area (Å²) in [5.74, 6) is -1.51. The third-order valence-corrected chi connectivity index (χ3v) is 5.38. The van der Waals surface area contributed by atoms with Gasteiger partial charge in [0.1, 0.15) is 5.57 Å². The smallest absolute Gasteiger partial charge is 0.339 e. The van der Waals surface area contributed by atoms with E-state index in [-0.39, 0.29) is 21.3 Å². The van der Waals surface area contributed by atoms with E-state index in [1.165, 1.54) is 19.1 Å². The molecule has 1 aromatic carbocycles. The molecule has 1 aromatic heterocycles. The predicted molar refractivity (Wildman–Crippen MR) is 113 cm³/mol. The minimum Gasteiger partial charge on any atom is -0.465 e. The van der Waals surface area contributed by atoms with E-state index in [4.69, 9.17) is 28.6 Å². The fourth-order valence-electron chi connectivity index (χ4n) is 3.15. The molecule has 3 rings (SSSR count). The van der Waals surface area contributed by atoms with Crippen LogP contribution in [-0.2, 0) is 14.3 Å². The summed E-state index contributed by atoms with van der Waals surface area (Å²) in [6, 6.07) is 6.86. The second-order valence-electron chi connectivity index (χ2n) is 6.50. The van der Waals surface area contributed by atoms with Crippen LogP contribution in [0.25, 0.3) is 11.8 Å². The van der Waals surface area contributed by atoms with Gasteiger partial charge in [-0.15, -0.1) is 0 Å². The van der Waals surface area contributed by atoms with E-state index in [1.807, 2.05) is 24.5 Å². The van der Waals surface area contributed by atoms with Gasteiger partial charge in [-0.25, -0.2) is 4.79 Å². The average molecular weight is 432 g/mol. The third-order valence-electron chi connectivity index (χ3n) is 4.69. The van der Waals surface area contributed by atoms with Gasteiger partial charge in [-0.3, -0.25) is 19.8 Å². The summed E-state index contributed by atoms with van der Waals surface area (Å²) in [5.41, 5.74) is 3.37. The van der Waals surface area contributed by atoms with Gasteiger partial charge in [0.25, 0.3) is 11.8 Å². The zero-order chi connectivity index (χ0) is 21.5. The lowest BCUT2D eigenvalue weighted by Gasteiger charge is -2.25. The van der Waals surface area contributed by atoms with Crippen molar-refractivity contribution >= 4 is 52.8 Å². The molecule has 0 unspecified atom stereocenters. The van der Waals surface area contributed by atoms with Crippen LogP contribution < -0.4 is 5.32 Å². The van der Waals surface area contributed by atoms with Gasteiger partial charge in [-0.1, -0.05) is 11.6 Å². The van der Waals surface area contributed by atoms with Crippen LogP contribution in [0.4, 0.5) is 0 Å². The van der Waals surface area contributed by atoms with Crippen LogP contribution in [0.2, 0.25) is 5.02 Å². The van der Waals surface area contributed by atoms with Crippen LogP contribution in [0, 0.1) is 13.8 Å². The Labute approximate surface area is 177 Å². The van der Waals surface area contributed by atoms with Crippen molar-refractivity contribution in [1.29, 1.82) is 0 Å². The fourth-order valence-corrected chi connectivity index (χ4v) is 3.58. The monoisotopic (exact) mass is 431 g/mol. The van der Waals surface area contributed by atoms with Gasteiger partial charge in [0, 0.05) is 24.1 Å². The maximum Gasteiger partial charge on any atom is 0.339 e. The molecule has 2 amide bonds. The topological polar surface area (TPSA) is 80.6 Å². The van der Waals surface area contributed by atoms with Crippen molar-refractivity contribution in [1.82, 2.24) is 14.8 Å².